The molecule has 136 valence electrons. The number of halogens is 1. The monoisotopic (exact) mass is 408 g/mol. The minimum atomic E-state index is -0.250. The van der Waals surface area contributed by atoms with Crippen LogP contribution in [0.3, 0.4) is 0 Å². The number of anilines is 1. The Morgan fingerprint density at radius 3 is 2.73 bits per heavy atom. The van der Waals surface area contributed by atoms with E-state index in [-0.39, 0.29) is 18.1 Å². The fraction of sp³-hybridized carbons (Fsp3) is 0.294. The molecule has 0 saturated heterocycles. The topological polar surface area (TPSA) is 67.8 Å². The fourth-order valence-corrected chi connectivity index (χ4v) is 4.60. The molecular formula is C17H17FN4OS3. The standard InChI is InChI=1S/C17H17FN4OS3/c1-10(2)15-19-13(9-24-15)7-14(23)20-16-21-22-17(26-16)25-8-11-3-5-12(18)6-4-11/h3-6,9-10H,7-8H2,1-2H3,(H,20,21,23). The quantitative estimate of drug-likeness (QED) is 0.452. The molecule has 0 saturated carbocycles. The van der Waals surface area contributed by atoms with Gasteiger partial charge in [0.2, 0.25) is 11.0 Å². The highest BCUT2D eigenvalue weighted by Gasteiger charge is 2.12. The molecule has 1 N–H and O–H groups in total. The highest BCUT2D eigenvalue weighted by Crippen LogP contribution is 2.28. The van der Waals surface area contributed by atoms with Gasteiger partial charge in [-0.3, -0.25) is 4.79 Å². The normalized spacial score (nSPS) is 11.1. The zero-order chi connectivity index (χ0) is 18.5. The van der Waals surface area contributed by atoms with Crippen LogP contribution in [0.25, 0.3) is 0 Å². The van der Waals surface area contributed by atoms with Crippen molar-refractivity contribution in [2.24, 2.45) is 0 Å². The maximum Gasteiger partial charge on any atom is 0.232 e. The lowest BCUT2D eigenvalue weighted by atomic mass is 10.2. The number of nitrogens with one attached hydrogen (secondary N) is 1. The molecule has 0 radical (unpaired) electrons. The molecule has 0 aliphatic rings. The third-order valence-electron chi connectivity index (χ3n) is 3.33. The Labute approximate surface area is 163 Å². The van der Waals surface area contributed by atoms with Crippen LogP contribution in [-0.2, 0) is 17.0 Å². The molecular weight excluding hydrogens is 391 g/mol. The van der Waals surface area contributed by atoms with Crippen LogP contribution in [0, 0.1) is 5.82 Å². The van der Waals surface area contributed by atoms with Crippen molar-refractivity contribution in [1.29, 1.82) is 0 Å². The van der Waals surface area contributed by atoms with Crippen molar-refractivity contribution in [2.75, 3.05) is 5.32 Å². The van der Waals surface area contributed by atoms with E-state index in [0.717, 1.165) is 20.6 Å². The van der Waals surface area contributed by atoms with Gasteiger partial charge in [-0.2, -0.15) is 0 Å². The number of carbonyl (C=O) groups excluding carboxylic acids is 1. The predicted molar refractivity (Wildman–Crippen MR) is 104 cm³/mol. The second-order valence-electron chi connectivity index (χ2n) is 5.84. The van der Waals surface area contributed by atoms with E-state index in [1.54, 1.807) is 23.5 Å². The molecule has 0 unspecified atom stereocenters. The summed E-state index contributed by atoms with van der Waals surface area (Å²) in [6.07, 6.45) is 0.223. The van der Waals surface area contributed by atoms with Crippen LogP contribution in [0.5, 0.6) is 0 Å². The second-order valence-corrected chi connectivity index (χ2v) is 8.93. The molecule has 3 aromatic rings. The van der Waals surface area contributed by atoms with Gasteiger partial charge in [0.25, 0.3) is 0 Å². The van der Waals surface area contributed by atoms with Crippen molar-refractivity contribution in [3.63, 3.8) is 0 Å². The average Bonchev–Trinajstić information content (AvgIpc) is 3.24. The summed E-state index contributed by atoms with van der Waals surface area (Å²) in [5.41, 5.74) is 1.77. The summed E-state index contributed by atoms with van der Waals surface area (Å²) in [5.74, 6) is 0.623. The van der Waals surface area contributed by atoms with E-state index in [0.29, 0.717) is 16.8 Å². The van der Waals surface area contributed by atoms with Crippen molar-refractivity contribution in [1.82, 2.24) is 15.2 Å². The Kier molecular flexibility index (Phi) is 6.33. The molecule has 5 nitrogen and oxygen atoms in total. The maximum absolute atomic E-state index is 12.9. The molecule has 9 heteroatoms. The van der Waals surface area contributed by atoms with Crippen LogP contribution in [-0.4, -0.2) is 21.1 Å². The first-order valence-corrected chi connectivity index (χ1v) is 10.6. The smallest absolute Gasteiger partial charge is 0.232 e. The largest absolute Gasteiger partial charge is 0.300 e. The lowest BCUT2D eigenvalue weighted by molar-refractivity contribution is -0.115. The third-order valence-corrected chi connectivity index (χ3v) is 6.57. The molecule has 0 fully saturated rings. The Hall–Kier alpha value is -1.84. The Balaban J connectivity index is 1.50. The summed E-state index contributed by atoms with van der Waals surface area (Å²) in [7, 11) is 0. The molecule has 2 aromatic heterocycles. The van der Waals surface area contributed by atoms with Gasteiger partial charge in [0.05, 0.1) is 17.1 Å². The fourth-order valence-electron chi connectivity index (χ4n) is 2.04. The summed E-state index contributed by atoms with van der Waals surface area (Å²) in [5, 5.41) is 14.2. The second kappa shape index (κ2) is 8.70. The summed E-state index contributed by atoms with van der Waals surface area (Å²) >= 11 is 4.39. The van der Waals surface area contributed by atoms with Gasteiger partial charge in [0.1, 0.15) is 5.82 Å². The Morgan fingerprint density at radius 1 is 1.27 bits per heavy atom. The average molecular weight is 409 g/mol. The van der Waals surface area contributed by atoms with Crippen LogP contribution in [0.15, 0.2) is 34.0 Å². The summed E-state index contributed by atoms with van der Waals surface area (Å²) in [6, 6.07) is 6.35. The first-order chi connectivity index (χ1) is 12.5. The number of aromatic nitrogens is 3. The Morgan fingerprint density at radius 2 is 2.04 bits per heavy atom. The number of hydrogen-bond donors (Lipinski definition) is 1. The van der Waals surface area contributed by atoms with Gasteiger partial charge in [-0.15, -0.1) is 21.5 Å². The zero-order valence-corrected chi connectivity index (χ0v) is 16.7. The number of thioether (sulfide) groups is 1. The minimum absolute atomic E-state index is 0.156. The molecule has 0 spiro atoms. The van der Waals surface area contributed by atoms with Gasteiger partial charge in [0, 0.05) is 17.1 Å². The van der Waals surface area contributed by atoms with E-state index in [2.05, 4.69) is 34.3 Å². The van der Waals surface area contributed by atoms with Gasteiger partial charge in [-0.25, -0.2) is 9.37 Å². The predicted octanol–water partition coefficient (Wildman–Crippen LogP) is 4.73. The van der Waals surface area contributed by atoms with Gasteiger partial charge in [0.15, 0.2) is 4.34 Å². The first-order valence-electron chi connectivity index (χ1n) is 7.94. The molecule has 0 bridgehead atoms. The van der Waals surface area contributed by atoms with Gasteiger partial charge >= 0.3 is 0 Å². The van der Waals surface area contributed by atoms with E-state index in [4.69, 9.17) is 0 Å². The summed E-state index contributed by atoms with van der Waals surface area (Å²) < 4.78 is 13.7. The van der Waals surface area contributed by atoms with E-state index in [1.807, 2.05) is 5.38 Å². The number of carbonyl (C=O) groups is 1. The van der Waals surface area contributed by atoms with E-state index < -0.39 is 0 Å². The molecule has 1 amide bonds. The number of amides is 1. The highest BCUT2D eigenvalue weighted by molar-refractivity contribution is 8.00. The van der Waals surface area contributed by atoms with Crippen molar-refractivity contribution in [3.05, 3.63) is 51.7 Å². The number of hydrogen-bond acceptors (Lipinski definition) is 7. The van der Waals surface area contributed by atoms with Crippen LogP contribution in [0.2, 0.25) is 0 Å². The minimum Gasteiger partial charge on any atom is -0.300 e. The van der Waals surface area contributed by atoms with E-state index >= 15 is 0 Å². The maximum atomic E-state index is 12.9. The van der Waals surface area contributed by atoms with Crippen LogP contribution in [0.4, 0.5) is 9.52 Å². The number of nitrogens with zero attached hydrogens (tertiary/aromatic N) is 3. The molecule has 26 heavy (non-hydrogen) atoms. The molecule has 0 atom stereocenters. The third kappa shape index (κ3) is 5.33. The summed E-state index contributed by atoms with van der Waals surface area (Å²) in [4.78, 5) is 16.6. The van der Waals surface area contributed by atoms with Crippen LogP contribution < -0.4 is 5.32 Å². The van der Waals surface area contributed by atoms with Gasteiger partial charge < -0.3 is 5.32 Å². The number of thiazole rings is 1. The van der Waals surface area contributed by atoms with Crippen LogP contribution in [0.1, 0.15) is 36.0 Å². The zero-order valence-electron chi connectivity index (χ0n) is 14.2. The lowest BCUT2D eigenvalue weighted by Crippen LogP contribution is -2.14. The SMILES string of the molecule is CC(C)c1nc(CC(=O)Nc2nnc(SCc3ccc(F)cc3)s2)cs1. The Bertz CT molecular complexity index is 876. The molecule has 2 heterocycles. The van der Waals surface area contributed by atoms with Crippen molar-refractivity contribution >= 4 is 45.5 Å². The number of benzene rings is 1. The summed E-state index contributed by atoms with van der Waals surface area (Å²) in [6.45, 7) is 4.16. The highest BCUT2D eigenvalue weighted by atomic mass is 32.2. The van der Waals surface area contributed by atoms with Gasteiger partial charge in [-0.05, 0) is 17.7 Å². The molecule has 3 rings (SSSR count). The molecule has 0 aliphatic carbocycles. The molecule has 1 aromatic carbocycles. The van der Waals surface area contributed by atoms with Crippen molar-refractivity contribution in [3.8, 4) is 0 Å². The van der Waals surface area contributed by atoms with E-state index in [9.17, 15) is 9.18 Å². The number of rotatable bonds is 7. The van der Waals surface area contributed by atoms with Gasteiger partial charge in [-0.1, -0.05) is 49.1 Å². The van der Waals surface area contributed by atoms with Crippen molar-refractivity contribution in [2.45, 2.75) is 36.3 Å². The van der Waals surface area contributed by atoms with Crippen LogP contribution >= 0.6 is 34.4 Å². The van der Waals surface area contributed by atoms with E-state index in [1.165, 1.54) is 35.2 Å². The lowest BCUT2D eigenvalue weighted by Gasteiger charge is -1.99. The molecule has 0 aliphatic heterocycles. The first kappa shape index (κ1) is 18.9. The van der Waals surface area contributed by atoms with Crippen molar-refractivity contribution < 1.29 is 9.18 Å².